The molecule has 0 aliphatic heterocycles. The minimum absolute atomic E-state index is 0.0736. The summed E-state index contributed by atoms with van der Waals surface area (Å²) >= 11 is 0. The molecule has 1 fully saturated rings. The number of nitrogens with one attached hydrogen (secondary N) is 1. The van der Waals surface area contributed by atoms with Gasteiger partial charge in [-0.05, 0) is 43.5 Å². The van der Waals surface area contributed by atoms with Crippen LogP contribution in [0.1, 0.15) is 37.3 Å². The van der Waals surface area contributed by atoms with Crippen LogP contribution >= 0.6 is 0 Å². The van der Waals surface area contributed by atoms with Crippen LogP contribution < -0.4 is 5.32 Å². The van der Waals surface area contributed by atoms with Crippen LogP contribution in [0.2, 0.25) is 0 Å². The van der Waals surface area contributed by atoms with Gasteiger partial charge in [-0.2, -0.15) is 13.2 Å². The summed E-state index contributed by atoms with van der Waals surface area (Å²) in [5, 5.41) is 2.81. The maximum Gasteiger partial charge on any atom is 0.392 e. The highest BCUT2D eigenvalue weighted by Crippen LogP contribution is 2.46. The molecule has 0 spiro atoms. The number of rotatable bonds is 3. The molecular weight excluding hydrogens is 289 g/mol. The highest BCUT2D eigenvalue weighted by molar-refractivity contribution is 5.22. The zero-order chi connectivity index (χ0) is 15.6. The summed E-state index contributed by atoms with van der Waals surface area (Å²) < 4.78 is 66.2. The minimum atomic E-state index is -4.29. The first-order valence-electron chi connectivity index (χ1n) is 7.03. The lowest BCUT2D eigenvalue weighted by Gasteiger charge is -2.38. The van der Waals surface area contributed by atoms with Crippen molar-refractivity contribution in [1.82, 2.24) is 5.32 Å². The van der Waals surface area contributed by atoms with Crippen molar-refractivity contribution in [2.75, 3.05) is 7.05 Å². The fraction of sp³-hybridized carbons (Fsp3) is 0.600. The van der Waals surface area contributed by atoms with Gasteiger partial charge in [-0.25, -0.2) is 8.78 Å². The molecule has 1 N–H and O–H groups in total. The summed E-state index contributed by atoms with van der Waals surface area (Å²) in [6.45, 7) is 0. The van der Waals surface area contributed by atoms with E-state index < -0.39 is 35.7 Å². The molecule has 1 aliphatic rings. The van der Waals surface area contributed by atoms with Crippen LogP contribution in [0.4, 0.5) is 22.0 Å². The maximum atomic E-state index is 13.3. The normalized spacial score (nSPS) is 24.9. The van der Waals surface area contributed by atoms with E-state index in [1.807, 2.05) is 0 Å². The summed E-state index contributed by atoms with van der Waals surface area (Å²) in [5.74, 6) is -3.69. The van der Waals surface area contributed by atoms with Gasteiger partial charge < -0.3 is 5.32 Å². The molecule has 0 bridgehead atoms. The van der Waals surface area contributed by atoms with Crippen molar-refractivity contribution in [3.63, 3.8) is 0 Å². The second-order valence-corrected chi connectivity index (χ2v) is 5.57. The van der Waals surface area contributed by atoms with Gasteiger partial charge in [0.2, 0.25) is 0 Å². The van der Waals surface area contributed by atoms with Crippen LogP contribution in [0.25, 0.3) is 0 Å². The highest BCUT2D eigenvalue weighted by Gasteiger charge is 2.47. The third-order valence-corrected chi connectivity index (χ3v) is 4.22. The van der Waals surface area contributed by atoms with E-state index in [0.29, 0.717) is 19.3 Å². The molecule has 1 aromatic rings. The van der Waals surface area contributed by atoms with Crippen LogP contribution in [0.5, 0.6) is 0 Å². The number of hydrogen-bond acceptors (Lipinski definition) is 1. The third-order valence-electron chi connectivity index (χ3n) is 4.22. The molecule has 3 unspecified atom stereocenters. The molecule has 0 radical (unpaired) electrons. The van der Waals surface area contributed by atoms with Crippen molar-refractivity contribution in [1.29, 1.82) is 0 Å². The quantitative estimate of drug-likeness (QED) is 0.805. The molecular formula is C15H18F5N. The molecule has 21 heavy (non-hydrogen) atoms. The van der Waals surface area contributed by atoms with Crippen LogP contribution in [-0.4, -0.2) is 13.2 Å². The summed E-state index contributed by atoms with van der Waals surface area (Å²) in [6, 6.07) is 2.22. The fourth-order valence-corrected chi connectivity index (χ4v) is 3.35. The van der Waals surface area contributed by atoms with Gasteiger partial charge in [-0.15, -0.1) is 0 Å². The fourth-order valence-electron chi connectivity index (χ4n) is 3.35. The Morgan fingerprint density at radius 2 is 1.62 bits per heavy atom. The molecule has 0 amide bonds. The number of hydrogen-bond donors (Lipinski definition) is 1. The third kappa shape index (κ3) is 3.73. The van der Waals surface area contributed by atoms with Gasteiger partial charge in [0.15, 0.2) is 0 Å². The first kappa shape index (κ1) is 16.2. The first-order valence-corrected chi connectivity index (χ1v) is 7.03. The molecule has 0 saturated heterocycles. The average molecular weight is 307 g/mol. The van der Waals surface area contributed by atoms with Gasteiger partial charge in [0.25, 0.3) is 0 Å². The van der Waals surface area contributed by atoms with E-state index in [4.69, 9.17) is 0 Å². The Bertz CT molecular complexity index is 465. The van der Waals surface area contributed by atoms with Gasteiger partial charge >= 0.3 is 6.18 Å². The van der Waals surface area contributed by atoms with Crippen molar-refractivity contribution < 1.29 is 22.0 Å². The van der Waals surface area contributed by atoms with E-state index in [2.05, 4.69) is 5.32 Å². The Morgan fingerprint density at radius 3 is 2.14 bits per heavy atom. The monoisotopic (exact) mass is 307 g/mol. The average Bonchev–Trinajstić information content (AvgIpc) is 2.38. The Kier molecular flexibility index (Phi) is 4.86. The molecule has 0 aromatic heterocycles. The van der Waals surface area contributed by atoms with E-state index in [-0.39, 0.29) is 12.0 Å². The summed E-state index contributed by atoms with van der Waals surface area (Å²) in [4.78, 5) is 0. The summed E-state index contributed by atoms with van der Waals surface area (Å²) in [6.07, 6.45) is -2.58. The van der Waals surface area contributed by atoms with Crippen LogP contribution in [0.3, 0.4) is 0 Å². The molecule has 118 valence electrons. The predicted octanol–water partition coefficient (Wildman–Crippen LogP) is 4.59. The van der Waals surface area contributed by atoms with Crippen molar-refractivity contribution in [2.24, 2.45) is 11.8 Å². The number of alkyl halides is 3. The lowest BCUT2D eigenvalue weighted by molar-refractivity contribution is -0.199. The summed E-state index contributed by atoms with van der Waals surface area (Å²) in [7, 11) is 1.52. The number of benzene rings is 1. The maximum absolute atomic E-state index is 13.3. The molecule has 0 heterocycles. The first-order chi connectivity index (χ1) is 9.82. The van der Waals surface area contributed by atoms with Crippen molar-refractivity contribution in [3.8, 4) is 0 Å². The van der Waals surface area contributed by atoms with E-state index >= 15 is 0 Å². The smallest absolute Gasteiger partial charge is 0.313 e. The molecule has 1 aromatic carbocycles. The molecule has 1 saturated carbocycles. The topological polar surface area (TPSA) is 12.0 Å². The van der Waals surface area contributed by atoms with Crippen molar-refractivity contribution in [2.45, 2.75) is 37.9 Å². The predicted molar refractivity (Wildman–Crippen MR) is 69.7 cm³/mol. The molecule has 6 heteroatoms. The van der Waals surface area contributed by atoms with Gasteiger partial charge in [-0.3, -0.25) is 0 Å². The van der Waals surface area contributed by atoms with Gasteiger partial charge in [-0.1, -0.05) is 12.8 Å². The largest absolute Gasteiger partial charge is 0.392 e. The van der Waals surface area contributed by atoms with E-state index in [1.54, 1.807) is 0 Å². The zero-order valence-corrected chi connectivity index (χ0v) is 11.7. The highest BCUT2D eigenvalue weighted by atomic mass is 19.4. The molecule has 2 rings (SSSR count). The van der Waals surface area contributed by atoms with Crippen molar-refractivity contribution in [3.05, 3.63) is 35.4 Å². The second kappa shape index (κ2) is 6.30. The molecule has 3 atom stereocenters. The van der Waals surface area contributed by atoms with Crippen LogP contribution in [-0.2, 0) is 0 Å². The number of halogens is 5. The Balaban J connectivity index is 2.34. The second-order valence-electron chi connectivity index (χ2n) is 5.57. The molecule has 1 aliphatic carbocycles. The Hall–Kier alpha value is -1.17. The SMILES string of the molecule is CNC(c1cc(F)cc(F)c1)C1CCCCC1C(F)(F)F. The minimum Gasteiger partial charge on any atom is -0.313 e. The van der Waals surface area contributed by atoms with Crippen LogP contribution in [0, 0.1) is 23.5 Å². The molecule has 1 nitrogen and oxygen atoms in total. The Morgan fingerprint density at radius 1 is 1.05 bits per heavy atom. The van der Waals surface area contributed by atoms with E-state index in [9.17, 15) is 22.0 Å². The van der Waals surface area contributed by atoms with Crippen molar-refractivity contribution >= 4 is 0 Å². The lowest BCUT2D eigenvalue weighted by Crippen LogP contribution is -2.40. The van der Waals surface area contributed by atoms with E-state index in [0.717, 1.165) is 18.2 Å². The Labute approximate surface area is 120 Å². The van der Waals surface area contributed by atoms with Gasteiger partial charge in [0.1, 0.15) is 11.6 Å². The zero-order valence-electron chi connectivity index (χ0n) is 11.7. The summed E-state index contributed by atoms with van der Waals surface area (Å²) in [5.41, 5.74) is 0.233. The van der Waals surface area contributed by atoms with Gasteiger partial charge in [0.05, 0.1) is 5.92 Å². The standard InChI is InChI=1S/C15H18F5N/c1-21-14(9-6-10(16)8-11(17)7-9)12-4-2-3-5-13(12)15(18,19)20/h6-8,12-14,21H,2-5H2,1H3. The van der Waals surface area contributed by atoms with E-state index in [1.165, 1.54) is 7.05 Å². The lowest BCUT2D eigenvalue weighted by atomic mass is 9.73. The van der Waals surface area contributed by atoms with Crippen LogP contribution in [0.15, 0.2) is 18.2 Å². The van der Waals surface area contributed by atoms with Gasteiger partial charge in [0, 0.05) is 12.1 Å².